The molecule has 4 saturated carbocycles. The van der Waals surface area contributed by atoms with E-state index in [2.05, 4.69) is 26.1 Å². The molecule has 4 rings (SSSR count). The van der Waals surface area contributed by atoms with Gasteiger partial charge in [0.25, 0.3) is 0 Å². The Morgan fingerprint density at radius 3 is 2.50 bits per heavy atom. The Morgan fingerprint density at radius 1 is 1.00 bits per heavy atom. The molecular formula is C30H53NO5. The maximum absolute atomic E-state index is 12.5. The smallest absolute Gasteiger partial charge is 0.220 e. The summed E-state index contributed by atoms with van der Waals surface area (Å²) < 4.78 is 16.7. The average Bonchev–Trinajstić information content (AvgIpc) is 3.22. The second kappa shape index (κ2) is 12.0. The monoisotopic (exact) mass is 507 g/mol. The lowest BCUT2D eigenvalue weighted by Gasteiger charge is -2.63. The summed E-state index contributed by atoms with van der Waals surface area (Å²) in [5.74, 6) is 4.06. The Balaban J connectivity index is 1.34. The van der Waals surface area contributed by atoms with Gasteiger partial charge in [-0.2, -0.15) is 0 Å². The van der Waals surface area contributed by atoms with Crippen LogP contribution in [0.25, 0.3) is 0 Å². The molecule has 0 radical (unpaired) electrons. The van der Waals surface area contributed by atoms with E-state index < -0.39 is 0 Å². The lowest BCUT2D eigenvalue weighted by molar-refractivity contribution is -0.181. The first-order valence-electron chi connectivity index (χ1n) is 14.8. The number of nitrogens with one attached hydrogen (secondary N) is 1. The van der Waals surface area contributed by atoms with Crippen molar-refractivity contribution in [1.29, 1.82) is 0 Å². The van der Waals surface area contributed by atoms with Gasteiger partial charge in [-0.1, -0.05) is 20.8 Å². The summed E-state index contributed by atoms with van der Waals surface area (Å²) in [5.41, 5.74) is 0.704. The lowest BCUT2D eigenvalue weighted by atomic mass is 9.43. The molecule has 0 saturated heterocycles. The number of methoxy groups -OCH3 is 2. The Labute approximate surface area is 219 Å². The molecule has 0 heterocycles. The second-order valence-corrected chi connectivity index (χ2v) is 13.1. The van der Waals surface area contributed by atoms with Gasteiger partial charge in [0.1, 0.15) is 0 Å². The van der Waals surface area contributed by atoms with Gasteiger partial charge in [0.2, 0.25) is 5.91 Å². The number of fused-ring (bicyclic) bond motifs is 5. The number of hydrogen-bond acceptors (Lipinski definition) is 5. The van der Waals surface area contributed by atoms with Crippen molar-refractivity contribution < 1.29 is 24.1 Å². The molecule has 10 atom stereocenters. The van der Waals surface area contributed by atoms with Crippen molar-refractivity contribution in [1.82, 2.24) is 5.32 Å². The summed E-state index contributed by atoms with van der Waals surface area (Å²) >= 11 is 0. The highest BCUT2D eigenvalue weighted by molar-refractivity contribution is 5.75. The summed E-state index contributed by atoms with van der Waals surface area (Å²) in [7, 11) is 3.58. The first kappa shape index (κ1) is 28.3. The van der Waals surface area contributed by atoms with E-state index in [1.807, 2.05) is 7.11 Å². The summed E-state index contributed by atoms with van der Waals surface area (Å²) in [6.45, 7) is 9.77. The van der Waals surface area contributed by atoms with Gasteiger partial charge in [-0.25, -0.2) is 0 Å². The fourth-order valence-electron chi connectivity index (χ4n) is 9.55. The van der Waals surface area contributed by atoms with Crippen LogP contribution >= 0.6 is 0 Å². The van der Waals surface area contributed by atoms with Crippen molar-refractivity contribution >= 4 is 5.91 Å². The third-order valence-corrected chi connectivity index (χ3v) is 11.5. The molecule has 208 valence electrons. The highest BCUT2D eigenvalue weighted by atomic mass is 16.5. The van der Waals surface area contributed by atoms with Crippen molar-refractivity contribution in [2.24, 2.45) is 46.3 Å². The molecule has 36 heavy (non-hydrogen) atoms. The van der Waals surface area contributed by atoms with E-state index in [1.54, 1.807) is 7.11 Å². The standard InChI is InChI=1S/C30H53NO5/c1-20(6-9-27(33)31-14-15-36-17-16-34-4)23-7-8-24-28-25(11-13-30(23,24)3)29(2)12-10-22(32)18-21(29)19-26(28)35-5/h20-26,28,32H,6-19H2,1-5H3,(H,31,33)/t20-,21+,22-,23-,24+,25+,26-,28+,29+,30-/m1/s1. The number of amides is 1. The zero-order valence-corrected chi connectivity index (χ0v) is 23.6. The fourth-order valence-corrected chi connectivity index (χ4v) is 9.55. The van der Waals surface area contributed by atoms with Crippen molar-refractivity contribution in [3.63, 3.8) is 0 Å². The molecule has 0 unspecified atom stereocenters. The van der Waals surface area contributed by atoms with Gasteiger partial charge in [0, 0.05) is 27.2 Å². The largest absolute Gasteiger partial charge is 0.393 e. The van der Waals surface area contributed by atoms with Crippen molar-refractivity contribution in [3.05, 3.63) is 0 Å². The summed E-state index contributed by atoms with van der Waals surface area (Å²) in [6, 6.07) is 0. The zero-order valence-electron chi connectivity index (χ0n) is 23.6. The normalized spacial score (nSPS) is 42.8. The predicted octanol–water partition coefficient (Wildman–Crippen LogP) is 4.83. The minimum atomic E-state index is -0.122. The Kier molecular flexibility index (Phi) is 9.45. The molecule has 0 aromatic heterocycles. The highest BCUT2D eigenvalue weighted by Gasteiger charge is 2.63. The quantitative estimate of drug-likeness (QED) is 0.392. The number of aliphatic hydroxyl groups excluding tert-OH is 1. The summed E-state index contributed by atoms with van der Waals surface area (Å²) in [6.07, 6.45) is 11.2. The van der Waals surface area contributed by atoms with Crippen LogP contribution < -0.4 is 5.32 Å². The van der Waals surface area contributed by atoms with E-state index in [0.717, 1.165) is 37.5 Å². The van der Waals surface area contributed by atoms with Crippen molar-refractivity contribution in [3.8, 4) is 0 Å². The van der Waals surface area contributed by atoms with Gasteiger partial charge in [0.05, 0.1) is 32.0 Å². The molecule has 0 spiro atoms. The van der Waals surface area contributed by atoms with E-state index in [1.165, 1.54) is 32.1 Å². The molecule has 4 aliphatic rings. The molecule has 6 heteroatoms. The maximum Gasteiger partial charge on any atom is 0.220 e. The number of rotatable bonds is 11. The van der Waals surface area contributed by atoms with Crippen molar-refractivity contribution in [2.75, 3.05) is 40.6 Å². The van der Waals surface area contributed by atoms with Crippen LogP contribution in [-0.4, -0.2) is 63.8 Å². The van der Waals surface area contributed by atoms with E-state index >= 15 is 0 Å². The molecule has 0 aromatic rings. The van der Waals surface area contributed by atoms with Gasteiger partial charge in [-0.05, 0) is 104 Å². The van der Waals surface area contributed by atoms with Crippen LogP contribution in [-0.2, 0) is 19.0 Å². The highest BCUT2D eigenvalue weighted by Crippen LogP contribution is 2.68. The predicted molar refractivity (Wildman–Crippen MR) is 142 cm³/mol. The number of ether oxygens (including phenoxy) is 3. The van der Waals surface area contributed by atoms with Gasteiger partial charge >= 0.3 is 0 Å². The third kappa shape index (κ3) is 5.53. The first-order valence-corrected chi connectivity index (χ1v) is 14.8. The first-order chi connectivity index (χ1) is 17.2. The van der Waals surface area contributed by atoms with E-state index in [0.29, 0.717) is 73.4 Å². The van der Waals surface area contributed by atoms with E-state index in [4.69, 9.17) is 14.2 Å². The van der Waals surface area contributed by atoms with E-state index in [9.17, 15) is 9.90 Å². The van der Waals surface area contributed by atoms with Gasteiger partial charge in [-0.15, -0.1) is 0 Å². The zero-order chi connectivity index (χ0) is 25.9. The fraction of sp³-hybridized carbons (Fsp3) is 0.967. The molecule has 1 amide bonds. The molecule has 6 nitrogen and oxygen atoms in total. The molecule has 0 aliphatic heterocycles. The average molecular weight is 508 g/mol. The summed E-state index contributed by atoms with van der Waals surface area (Å²) in [4.78, 5) is 12.5. The Morgan fingerprint density at radius 2 is 1.75 bits per heavy atom. The minimum absolute atomic E-state index is 0.122. The third-order valence-electron chi connectivity index (χ3n) is 11.5. The number of carbonyl (C=O) groups is 1. The summed E-state index contributed by atoms with van der Waals surface area (Å²) in [5, 5.41) is 13.4. The van der Waals surface area contributed by atoms with Crippen LogP contribution in [0.4, 0.5) is 0 Å². The van der Waals surface area contributed by atoms with Crippen LogP contribution in [0.15, 0.2) is 0 Å². The number of aliphatic hydroxyl groups is 1. The molecule has 2 N–H and O–H groups in total. The topological polar surface area (TPSA) is 77.0 Å². The van der Waals surface area contributed by atoms with Crippen molar-refractivity contribution in [2.45, 2.75) is 97.2 Å². The SMILES string of the molecule is COCCOCCNC(=O)CC[C@@H](C)[C@H]1CC[C@H]2[C@@H]3[C@H](OC)C[C@@H]4C[C@H](O)CC[C@]4(C)[C@H]3CC[C@]12C. The van der Waals surface area contributed by atoms with Gasteiger partial charge in [0.15, 0.2) is 0 Å². The van der Waals surface area contributed by atoms with Crippen LogP contribution in [0.3, 0.4) is 0 Å². The lowest BCUT2D eigenvalue weighted by Crippen LogP contribution is -2.59. The minimum Gasteiger partial charge on any atom is -0.393 e. The molecule has 4 aliphatic carbocycles. The van der Waals surface area contributed by atoms with Crippen LogP contribution in [0.2, 0.25) is 0 Å². The number of carbonyl (C=O) groups excluding carboxylic acids is 1. The van der Waals surface area contributed by atoms with Crippen LogP contribution in [0, 0.1) is 46.3 Å². The van der Waals surface area contributed by atoms with Gasteiger partial charge in [-0.3, -0.25) is 4.79 Å². The molecular weight excluding hydrogens is 454 g/mol. The van der Waals surface area contributed by atoms with Crippen LogP contribution in [0.5, 0.6) is 0 Å². The second-order valence-electron chi connectivity index (χ2n) is 13.1. The van der Waals surface area contributed by atoms with E-state index in [-0.39, 0.29) is 12.0 Å². The molecule has 0 aromatic carbocycles. The van der Waals surface area contributed by atoms with Gasteiger partial charge < -0.3 is 24.6 Å². The maximum atomic E-state index is 12.5. The molecule has 4 fully saturated rings. The molecule has 0 bridgehead atoms. The number of hydrogen-bond donors (Lipinski definition) is 2. The Hall–Kier alpha value is -0.690. The Bertz CT molecular complexity index is 732. The van der Waals surface area contributed by atoms with Crippen LogP contribution in [0.1, 0.15) is 85.0 Å².